The molecule has 6 heteroatoms. The molecule has 3 heterocycles. The number of rotatable bonds is 5. The van der Waals surface area contributed by atoms with Crippen molar-refractivity contribution in [2.24, 2.45) is 0 Å². The molecule has 3 atom stereocenters. The van der Waals surface area contributed by atoms with Crippen LogP contribution >= 0.6 is 0 Å². The molecule has 2 fully saturated rings. The summed E-state index contributed by atoms with van der Waals surface area (Å²) in [5, 5.41) is 10.2. The highest BCUT2D eigenvalue weighted by molar-refractivity contribution is 5.28. The summed E-state index contributed by atoms with van der Waals surface area (Å²) in [5.74, 6) is 0.933. The van der Waals surface area contributed by atoms with Crippen LogP contribution in [0.5, 0.6) is 11.6 Å². The molecule has 2 aromatic rings. The van der Waals surface area contributed by atoms with Crippen molar-refractivity contribution in [1.29, 1.82) is 0 Å². The fourth-order valence-electron chi connectivity index (χ4n) is 4.55. The van der Waals surface area contributed by atoms with Crippen LogP contribution in [0.25, 0.3) is 0 Å². The van der Waals surface area contributed by atoms with Gasteiger partial charge in [0, 0.05) is 50.6 Å². The molecule has 2 aromatic heterocycles. The number of hydrogen-bond donors (Lipinski definition) is 1. The van der Waals surface area contributed by atoms with E-state index < -0.39 is 0 Å². The van der Waals surface area contributed by atoms with Gasteiger partial charge in [0.15, 0.2) is 0 Å². The number of pyridine rings is 2. The highest BCUT2D eigenvalue weighted by atomic mass is 16.5. The van der Waals surface area contributed by atoms with Crippen LogP contribution in [0.1, 0.15) is 37.1 Å². The van der Waals surface area contributed by atoms with E-state index in [2.05, 4.69) is 14.9 Å². The minimum atomic E-state index is -0.135. The van der Waals surface area contributed by atoms with Crippen molar-refractivity contribution in [1.82, 2.24) is 14.9 Å². The van der Waals surface area contributed by atoms with Gasteiger partial charge in [-0.3, -0.25) is 9.88 Å². The number of methoxy groups -OCH3 is 1. The maximum absolute atomic E-state index is 10.2. The van der Waals surface area contributed by atoms with Crippen molar-refractivity contribution in [2.45, 2.75) is 56.9 Å². The highest BCUT2D eigenvalue weighted by Crippen LogP contribution is 2.44. The van der Waals surface area contributed by atoms with Crippen molar-refractivity contribution in [3.8, 4) is 11.6 Å². The number of aromatic hydroxyl groups is 1. The second-order valence-corrected chi connectivity index (χ2v) is 7.61. The minimum Gasteiger partial charge on any atom is -0.506 e. The number of aryl methyl sites for hydroxylation is 1. The molecule has 27 heavy (non-hydrogen) atoms. The van der Waals surface area contributed by atoms with Gasteiger partial charge in [0.1, 0.15) is 11.9 Å². The smallest absolute Gasteiger partial charge is 0.213 e. The third-order valence-corrected chi connectivity index (χ3v) is 6.02. The summed E-state index contributed by atoms with van der Waals surface area (Å²) >= 11 is 0. The number of hydrogen-bond acceptors (Lipinski definition) is 6. The number of nitrogens with zero attached hydrogens (tertiary/aromatic N) is 3. The zero-order valence-corrected chi connectivity index (χ0v) is 16.0. The molecule has 1 aliphatic carbocycles. The van der Waals surface area contributed by atoms with Crippen molar-refractivity contribution >= 4 is 0 Å². The van der Waals surface area contributed by atoms with Crippen LogP contribution in [0, 0.1) is 6.92 Å². The van der Waals surface area contributed by atoms with E-state index in [1.54, 1.807) is 12.3 Å². The van der Waals surface area contributed by atoms with E-state index in [9.17, 15) is 5.11 Å². The van der Waals surface area contributed by atoms with E-state index in [1.807, 2.05) is 38.3 Å². The maximum atomic E-state index is 10.2. The number of likely N-dealkylation sites (tertiary alicyclic amines) is 1. The quantitative estimate of drug-likeness (QED) is 0.874. The minimum absolute atomic E-state index is 0.118. The van der Waals surface area contributed by atoms with Gasteiger partial charge in [0.25, 0.3) is 0 Å². The second-order valence-electron chi connectivity index (χ2n) is 7.61. The molecule has 1 N–H and O–H groups in total. The van der Waals surface area contributed by atoms with E-state index in [0.29, 0.717) is 12.4 Å². The first-order chi connectivity index (χ1) is 13.1. The van der Waals surface area contributed by atoms with Crippen molar-refractivity contribution in [3.05, 3.63) is 47.9 Å². The van der Waals surface area contributed by atoms with Crippen LogP contribution < -0.4 is 4.74 Å². The lowest BCUT2D eigenvalue weighted by Crippen LogP contribution is -2.52. The molecular formula is C21H27N3O3. The predicted molar refractivity (Wildman–Crippen MR) is 102 cm³/mol. The van der Waals surface area contributed by atoms with E-state index >= 15 is 0 Å². The molecule has 0 aromatic carbocycles. The van der Waals surface area contributed by atoms with E-state index in [1.165, 1.54) is 0 Å². The Kier molecular flexibility index (Phi) is 5.02. The molecular weight excluding hydrogens is 342 g/mol. The first-order valence-electron chi connectivity index (χ1n) is 9.62. The molecule has 0 bridgehead atoms. The highest BCUT2D eigenvalue weighted by Gasteiger charge is 2.51. The molecule has 2 aliphatic rings. The van der Waals surface area contributed by atoms with Crippen molar-refractivity contribution < 1.29 is 14.6 Å². The third kappa shape index (κ3) is 3.64. The standard InChI is InChI=1S/C21H27N3O3/c1-15-6-7-18(25)17(23-15)14-24-12-10-21(26-2)9-8-16(13-19(21)24)27-20-5-3-4-11-22-20/h3-7,11,16,19,25H,8-10,12-14H2,1-2H3/t16-,19+,21-/m1/s1. The fourth-order valence-corrected chi connectivity index (χ4v) is 4.55. The molecule has 1 saturated carbocycles. The van der Waals surface area contributed by atoms with Crippen LogP contribution in [0.3, 0.4) is 0 Å². The lowest BCUT2D eigenvalue weighted by atomic mass is 9.79. The van der Waals surface area contributed by atoms with Gasteiger partial charge in [-0.05, 0) is 44.4 Å². The molecule has 0 radical (unpaired) electrons. The second kappa shape index (κ2) is 7.44. The van der Waals surface area contributed by atoms with Crippen LogP contribution in [-0.4, -0.2) is 51.4 Å². The number of ether oxygens (including phenoxy) is 2. The molecule has 1 aliphatic heterocycles. The Hall–Kier alpha value is -2.18. The predicted octanol–water partition coefficient (Wildman–Crippen LogP) is 3.08. The number of aromatic nitrogens is 2. The summed E-state index contributed by atoms with van der Waals surface area (Å²) in [6.45, 7) is 3.51. The maximum Gasteiger partial charge on any atom is 0.213 e. The average molecular weight is 369 g/mol. The van der Waals surface area contributed by atoms with Crippen LogP contribution in [0.15, 0.2) is 36.5 Å². The molecule has 0 unspecified atom stereocenters. The Morgan fingerprint density at radius 3 is 2.93 bits per heavy atom. The topological polar surface area (TPSA) is 67.7 Å². The zero-order valence-electron chi connectivity index (χ0n) is 16.0. The first-order valence-corrected chi connectivity index (χ1v) is 9.62. The largest absolute Gasteiger partial charge is 0.506 e. The van der Waals surface area contributed by atoms with E-state index in [-0.39, 0.29) is 23.5 Å². The summed E-state index contributed by atoms with van der Waals surface area (Å²) in [5.41, 5.74) is 1.51. The van der Waals surface area contributed by atoms with Crippen LogP contribution in [0.4, 0.5) is 0 Å². The molecule has 0 spiro atoms. The SMILES string of the molecule is CO[C@@]12CC[C@@H](Oc3ccccn3)C[C@@H]1N(Cc1nc(C)ccc1O)CC2. The molecule has 144 valence electrons. The lowest BCUT2D eigenvalue weighted by Gasteiger charge is -2.43. The summed E-state index contributed by atoms with van der Waals surface area (Å²) in [4.78, 5) is 11.2. The van der Waals surface area contributed by atoms with Crippen LogP contribution in [-0.2, 0) is 11.3 Å². The van der Waals surface area contributed by atoms with Crippen molar-refractivity contribution in [2.75, 3.05) is 13.7 Å². The summed E-state index contributed by atoms with van der Waals surface area (Å²) in [6.07, 6.45) is 5.69. The van der Waals surface area contributed by atoms with Gasteiger partial charge in [-0.2, -0.15) is 0 Å². The Morgan fingerprint density at radius 2 is 2.15 bits per heavy atom. The molecule has 0 amide bonds. The van der Waals surface area contributed by atoms with Gasteiger partial charge in [-0.15, -0.1) is 0 Å². The van der Waals surface area contributed by atoms with E-state index in [0.717, 1.165) is 43.6 Å². The van der Waals surface area contributed by atoms with Gasteiger partial charge in [0.2, 0.25) is 5.88 Å². The van der Waals surface area contributed by atoms with E-state index in [4.69, 9.17) is 9.47 Å². The molecule has 6 nitrogen and oxygen atoms in total. The Balaban J connectivity index is 1.51. The van der Waals surface area contributed by atoms with Gasteiger partial charge >= 0.3 is 0 Å². The average Bonchev–Trinajstić information content (AvgIpc) is 3.04. The first kappa shape index (κ1) is 18.2. The van der Waals surface area contributed by atoms with Gasteiger partial charge in [-0.1, -0.05) is 6.07 Å². The molecule has 1 saturated heterocycles. The third-order valence-electron chi connectivity index (χ3n) is 6.02. The van der Waals surface area contributed by atoms with Gasteiger partial charge in [0.05, 0.1) is 11.3 Å². The normalized spacial score (nSPS) is 28.1. The van der Waals surface area contributed by atoms with Gasteiger partial charge < -0.3 is 14.6 Å². The zero-order chi connectivity index (χ0) is 18.9. The van der Waals surface area contributed by atoms with Gasteiger partial charge in [-0.25, -0.2) is 4.98 Å². The lowest BCUT2D eigenvalue weighted by molar-refractivity contribution is -0.0844. The Labute approximate surface area is 160 Å². The fraction of sp³-hybridized carbons (Fsp3) is 0.524. The summed E-state index contributed by atoms with van der Waals surface area (Å²) in [6, 6.07) is 9.54. The molecule has 4 rings (SSSR count). The Bertz CT molecular complexity index is 785. The van der Waals surface area contributed by atoms with Crippen LogP contribution in [0.2, 0.25) is 0 Å². The number of fused-ring (bicyclic) bond motifs is 1. The Morgan fingerprint density at radius 1 is 1.26 bits per heavy atom. The summed E-state index contributed by atoms with van der Waals surface area (Å²) < 4.78 is 12.2. The van der Waals surface area contributed by atoms with Crippen molar-refractivity contribution in [3.63, 3.8) is 0 Å². The summed E-state index contributed by atoms with van der Waals surface area (Å²) in [7, 11) is 1.82. The monoisotopic (exact) mass is 369 g/mol.